The van der Waals surface area contributed by atoms with Crippen molar-refractivity contribution in [2.75, 3.05) is 32.4 Å². The van der Waals surface area contributed by atoms with E-state index < -0.39 is 10.0 Å². The van der Waals surface area contributed by atoms with Crippen molar-refractivity contribution in [3.05, 3.63) is 35.4 Å². The molecule has 0 aromatic heterocycles. The molecule has 2 aliphatic rings. The third-order valence-corrected chi connectivity index (χ3v) is 6.59. The molecule has 0 unspecified atom stereocenters. The summed E-state index contributed by atoms with van der Waals surface area (Å²) in [5.41, 5.74) is 2.37. The maximum atomic E-state index is 12.4. The highest BCUT2D eigenvalue weighted by Crippen LogP contribution is 2.19. The minimum absolute atomic E-state index is 0.0560. The van der Waals surface area contributed by atoms with Crippen LogP contribution < -0.4 is 5.32 Å². The summed E-state index contributed by atoms with van der Waals surface area (Å²) in [7, 11) is -3.22. The van der Waals surface area contributed by atoms with Crippen LogP contribution >= 0.6 is 0 Å². The van der Waals surface area contributed by atoms with Crippen LogP contribution in [0.1, 0.15) is 36.8 Å². The molecule has 0 spiro atoms. The van der Waals surface area contributed by atoms with Crippen LogP contribution in [0.25, 0.3) is 0 Å². The molecule has 7 heteroatoms. The molecule has 2 aliphatic heterocycles. The lowest BCUT2D eigenvalue weighted by atomic mass is 9.98. The first-order chi connectivity index (χ1) is 12.4. The summed E-state index contributed by atoms with van der Waals surface area (Å²) >= 11 is 0. The Morgan fingerprint density at radius 1 is 1.08 bits per heavy atom. The minimum atomic E-state index is -3.22. The predicted octanol–water partition coefficient (Wildman–Crippen LogP) is 1.57. The molecule has 0 aliphatic carbocycles. The van der Waals surface area contributed by atoms with E-state index >= 15 is 0 Å². The summed E-state index contributed by atoms with van der Waals surface area (Å²) in [6.45, 7) is 4.65. The Bertz CT molecular complexity index is 712. The highest BCUT2D eigenvalue weighted by atomic mass is 32.2. The fourth-order valence-electron chi connectivity index (χ4n) is 3.75. The second-order valence-corrected chi connectivity index (χ2v) is 9.46. The molecule has 2 fully saturated rings. The number of amides is 1. The van der Waals surface area contributed by atoms with Gasteiger partial charge in [0.25, 0.3) is 0 Å². The first-order valence-corrected chi connectivity index (χ1v) is 11.3. The van der Waals surface area contributed by atoms with E-state index in [-0.39, 0.29) is 11.8 Å². The second-order valence-electron chi connectivity index (χ2n) is 7.48. The molecule has 0 radical (unpaired) electrons. The molecule has 2 heterocycles. The van der Waals surface area contributed by atoms with E-state index in [2.05, 4.69) is 34.5 Å². The normalized spacial score (nSPS) is 22.4. The molecule has 0 bridgehead atoms. The van der Waals surface area contributed by atoms with E-state index in [9.17, 15) is 13.2 Å². The smallest absolute Gasteiger partial charge is 0.224 e. The first-order valence-electron chi connectivity index (χ1n) is 9.45. The van der Waals surface area contributed by atoms with Crippen molar-refractivity contribution in [1.82, 2.24) is 14.5 Å². The molecule has 0 saturated carbocycles. The van der Waals surface area contributed by atoms with Crippen molar-refractivity contribution < 1.29 is 13.2 Å². The van der Waals surface area contributed by atoms with Gasteiger partial charge in [0, 0.05) is 26.2 Å². The first kappa shape index (κ1) is 19.3. The van der Waals surface area contributed by atoms with Crippen molar-refractivity contribution in [3.63, 3.8) is 0 Å². The van der Waals surface area contributed by atoms with E-state index in [0.29, 0.717) is 19.6 Å². The van der Waals surface area contributed by atoms with Gasteiger partial charge in [-0.2, -0.15) is 0 Å². The summed E-state index contributed by atoms with van der Waals surface area (Å²) < 4.78 is 24.8. The number of sulfonamides is 1. The van der Waals surface area contributed by atoms with Crippen LogP contribution in [-0.2, 0) is 27.9 Å². The Hall–Kier alpha value is -1.44. The largest absolute Gasteiger partial charge is 0.352 e. The Balaban J connectivity index is 1.48. The number of likely N-dealkylation sites (tertiary alicyclic amines) is 1. The average Bonchev–Trinajstić information content (AvgIpc) is 3.13. The third kappa shape index (κ3) is 5.28. The van der Waals surface area contributed by atoms with Crippen LogP contribution in [-0.4, -0.2) is 56.0 Å². The van der Waals surface area contributed by atoms with E-state index in [0.717, 1.165) is 24.9 Å². The molecule has 26 heavy (non-hydrogen) atoms. The molecule has 1 amide bonds. The highest BCUT2D eigenvalue weighted by molar-refractivity contribution is 7.88. The SMILES string of the molecule is CS(=O)(=O)N1CCC[C@H](C(=O)NCc2ccc(CN3CCCC3)cc2)C1. The highest BCUT2D eigenvalue weighted by Gasteiger charge is 2.29. The number of benzene rings is 1. The van der Waals surface area contributed by atoms with Crippen LogP contribution in [0.2, 0.25) is 0 Å². The van der Waals surface area contributed by atoms with Crippen LogP contribution in [0.15, 0.2) is 24.3 Å². The summed E-state index contributed by atoms with van der Waals surface area (Å²) in [6.07, 6.45) is 5.27. The molecule has 1 N–H and O–H groups in total. The van der Waals surface area contributed by atoms with Gasteiger partial charge in [-0.1, -0.05) is 24.3 Å². The average molecular weight is 380 g/mol. The molecule has 6 nitrogen and oxygen atoms in total. The molecule has 1 aromatic carbocycles. The molecule has 1 atom stereocenters. The number of carbonyl (C=O) groups excluding carboxylic acids is 1. The lowest BCUT2D eigenvalue weighted by Gasteiger charge is -2.30. The van der Waals surface area contributed by atoms with Crippen molar-refractivity contribution in [2.45, 2.75) is 38.8 Å². The van der Waals surface area contributed by atoms with Gasteiger partial charge in [-0.05, 0) is 49.9 Å². The molecule has 1 aromatic rings. The quantitative estimate of drug-likeness (QED) is 0.815. The summed E-state index contributed by atoms with van der Waals surface area (Å²) in [6, 6.07) is 8.39. The topological polar surface area (TPSA) is 69.7 Å². The van der Waals surface area contributed by atoms with Gasteiger partial charge in [0.1, 0.15) is 0 Å². The van der Waals surface area contributed by atoms with E-state index in [1.54, 1.807) is 0 Å². The lowest BCUT2D eigenvalue weighted by Crippen LogP contribution is -2.44. The van der Waals surface area contributed by atoms with E-state index in [1.165, 1.54) is 42.1 Å². The van der Waals surface area contributed by atoms with Gasteiger partial charge >= 0.3 is 0 Å². The molecular weight excluding hydrogens is 350 g/mol. The van der Waals surface area contributed by atoms with Gasteiger partial charge in [0.15, 0.2) is 0 Å². The van der Waals surface area contributed by atoms with E-state index in [1.807, 2.05) is 0 Å². The van der Waals surface area contributed by atoms with Gasteiger partial charge < -0.3 is 5.32 Å². The predicted molar refractivity (Wildman–Crippen MR) is 102 cm³/mol. The van der Waals surface area contributed by atoms with Gasteiger partial charge in [-0.3, -0.25) is 9.69 Å². The Morgan fingerprint density at radius 3 is 2.38 bits per heavy atom. The number of carbonyl (C=O) groups is 1. The second kappa shape index (κ2) is 8.50. The van der Waals surface area contributed by atoms with Gasteiger partial charge in [0.05, 0.1) is 12.2 Å². The zero-order valence-electron chi connectivity index (χ0n) is 15.5. The standard InChI is InChI=1S/C19H29N3O3S/c1-26(24,25)22-12-4-5-18(15-22)19(23)20-13-16-6-8-17(9-7-16)14-21-10-2-3-11-21/h6-9,18H,2-5,10-15H2,1H3,(H,20,23)/t18-/m0/s1. The number of nitrogens with zero attached hydrogens (tertiary/aromatic N) is 2. The zero-order chi connectivity index (χ0) is 18.6. The van der Waals surface area contributed by atoms with Crippen LogP contribution in [0.3, 0.4) is 0 Å². The molecule has 2 saturated heterocycles. The van der Waals surface area contributed by atoms with Crippen molar-refractivity contribution in [1.29, 1.82) is 0 Å². The summed E-state index contributed by atoms with van der Waals surface area (Å²) in [5.74, 6) is -0.313. The summed E-state index contributed by atoms with van der Waals surface area (Å²) in [4.78, 5) is 14.9. The maximum absolute atomic E-state index is 12.4. The van der Waals surface area contributed by atoms with Gasteiger partial charge in [0.2, 0.25) is 15.9 Å². The van der Waals surface area contributed by atoms with Crippen molar-refractivity contribution in [3.8, 4) is 0 Å². The molecule has 144 valence electrons. The Labute approximate surface area is 156 Å². The van der Waals surface area contributed by atoms with Gasteiger partial charge in [-0.25, -0.2) is 12.7 Å². The number of nitrogens with one attached hydrogen (secondary N) is 1. The van der Waals surface area contributed by atoms with E-state index in [4.69, 9.17) is 0 Å². The fraction of sp³-hybridized carbons (Fsp3) is 0.632. The zero-order valence-corrected chi connectivity index (χ0v) is 16.3. The van der Waals surface area contributed by atoms with Gasteiger partial charge in [-0.15, -0.1) is 0 Å². The van der Waals surface area contributed by atoms with Crippen LogP contribution in [0.5, 0.6) is 0 Å². The van der Waals surface area contributed by atoms with Crippen molar-refractivity contribution >= 4 is 15.9 Å². The maximum Gasteiger partial charge on any atom is 0.224 e. The number of rotatable bonds is 6. The fourth-order valence-corrected chi connectivity index (χ4v) is 4.66. The molecule has 3 rings (SSSR count). The minimum Gasteiger partial charge on any atom is -0.352 e. The third-order valence-electron chi connectivity index (χ3n) is 5.32. The number of hydrogen-bond acceptors (Lipinski definition) is 4. The van der Waals surface area contributed by atoms with Crippen LogP contribution in [0.4, 0.5) is 0 Å². The Kier molecular flexibility index (Phi) is 6.32. The van der Waals surface area contributed by atoms with Crippen LogP contribution in [0, 0.1) is 5.92 Å². The lowest BCUT2D eigenvalue weighted by molar-refractivity contribution is -0.126. The number of piperidine rings is 1. The number of hydrogen-bond donors (Lipinski definition) is 1. The molecular formula is C19H29N3O3S. The Morgan fingerprint density at radius 2 is 1.73 bits per heavy atom. The summed E-state index contributed by atoms with van der Waals surface area (Å²) in [5, 5.41) is 2.96. The van der Waals surface area contributed by atoms with Crippen molar-refractivity contribution in [2.24, 2.45) is 5.92 Å². The monoisotopic (exact) mass is 379 g/mol.